The summed E-state index contributed by atoms with van der Waals surface area (Å²) in [4.78, 5) is 15.3. The molecule has 0 amide bonds. The molecule has 2 fully saturated rings. The van der Waals surface area contributed by atoms with E-state index in [1.54, 1.807) is 19.2 Å². The first kappa shape index (κ1) is 23.2. The van der Waals surface area contributed by atoms with Gasteiger partial charge in [-0.25, -0.2) is 4.79 Å². The molecule has 4 rings (SSSR count). The van der Waals surface area contributed by atoms with Crippen molar-refractivity contribution in [3.63, 3.8) is 0 Å². The van der Waals surface area contributed by atoms with Gasteiger partial charge in [0.2, 0.25) is 5.75 Å². The van der Waals surface area contributed by atoms with Crippen molar-refractivity contribution in [3.05, 3.63) is 47.5 Å². The van der Waals surface area contributed by atoms with Crippen LogP contribution in [-0.2, 0) is 4.74 Å². The number of carbonyl (C=O) groups is 1. The number of nitrogens with zero attached hydrogens (tertiary/aromatic N) is 1. The molecule has 2 aliphatic heterocycles. The van der Waals surface area contributed by atoms with Crippen LogP contribution in [-0.4, -0.2) is 65.0 Å². The summed E-state index contributed by atoms with van der Waals surface area (Å²) in [7, 11) is 6.29. The maximum Gasteiger partial charge on any atom is 0.338 e. The van der Waals surface area contributed by atoms with Gasteiger partial charge in [-0.3, -0.25) is 4.90 Å². The van der Waals surface area contributed by atoms with Crippen molar-refractivity contribution in [3.8, 4) is 23.0 Å². The SMILES string of the molecule is COc1ccc([C@@H]2C[C@@H]3C[C@@H](COC(=O)c4cc(OC)c(OC)c(OC)c4)CCN3C2)cc1. The predicted octanol–water partition coefficient (Wildman–Crippen LogP) is 4.15. The Bertz CT molecular complexity index is 935. The summed E-state index contributed by atoms with van der Waals surface area (Å²) in [6.45, 7) is 2.56. The Kier molecular flexibility index (Phi) is 7.28. The van der Waals surface area contributed by atoms with Crippen LogP contribution in [0.3, 0.4) is 0 Å². The van der Waals surface area contributed by atoms with E-state index < -0.39 is 0 Å². The summed E-state index contributed by atoms with van der Waals surface area (Å²) < 4.78 is 27.0. The maximum atomic E-state index is 12.7. The lowest BCUT2D eigenvalue weighted by atomic mass is 9.89. The zero-order valence-electron chi connectivity index (χ0n) is 19.8. The molecule has 2 aromatic rings. The molecule has 178 valence electrons. The Hall–Kier alpha value is -2.93. The molecule has 0 N–H and O–H groups in total. The third kappa shape index (κ3) is 5.03. The Morgan fingerprint density at radius 3 is 2.24 bits per heavy atom. The maximum absolute atomic E-state index is 12.7. The second-order valence-corrected chi connectivity index (χ2v) is 8.76. The number of fused-ring (bicyclic) bond motifs is 1. The minimum atomic E-state index is -0.376. The van der Waals surface area contributed by atoms with E-state index in [0.717, 1.165) is 38.1 Å². The molecule has 0 aliphatic carbocycles. The van der Waals surface area contributed by atoms with Gasteiger partial charge in [0, 0.05) is 12.6 Å². The van der Waals surface area contributed by atoms with Crippen LogP contribution in [0.15, 0.2) is 36.4 Å². The molecule has 0 unspecified atom stereocenters. The Balaban J connectivity index is 1.33. The predicted molar refractivity (Wildman–Crippen MR) is 125 cm³/mol. The molecule has 7 nitrogen and oxygen atoms in total. The second kappa shape index (κ2) is 10.3. The van der Waals surface area contributed by atoms with E-state index >= 15 is 0 Å². The van der Waals surface area contributed by atoms with Crippen molar-refractivity contribution < 1.29 is 28.5 Å². The van der Waals surface area contributed by atoms with Crippen LogP contribution in [0, 0.1) is 5.92 Å². The average molecular weight is 456 g/mol. The monoisotopic (exact) mass is 455 g/mol. The fourth-order valence-electron chi connectivity index (χ4n) is 5.10. The largest absolute Gasteiger partial charge is 0.497 e. The molecule has 2 aromatic carbocycles. The van der Waals surface area contributed by atoms with Gasteiger partial charge in [0.25, 0.3) is 0 Å². The van der Waals surface area contributed by atoms with Crippen LogP contribution in [0.4, 0.5) is 0 Å². The first-order chi connectivity index (χ1) is 16.1. The Labute approximate surface area is 195 Å². The molecule has 0 bridgehead atoms. The summed E-state index contributed by atoms with van der Waals surface area (Å²) in [6.07, 6.45) is 3.23. The fourth-order valence-corrected chi connectivity index (χ4v) is 5.10. The lowest BCUT2D eigenvalue weighted by Crippen LogP contribution is -2.39. The van der Waals surface area contributed by atoms with Gasteiger partial charge < -0.3 is 23.7 Å². The van der Waals surface area contributed by atoms with Gasteiger partial charge in [0.05, 0.1) is 40.6 Å². The number of rotatable bonds is 8. The highest BCUT2D eigenvalue weighted by Crippen LogP contribution is 2.40. The van der Waals surface area contributed by atoms with Gasteiger partial charge in [-0.2, -0.15) is 0 Å². The summed E-state index contributed by atoms with van der Waals surface area (Å²) in [5.41, 5.74) is 1.76. The van der Waals surface area contributed by atoms with Crippen molar-refractivity contribution in [1.29, 1.82) is 0 Å². The lowest BCUT2D eigenvalue weighted by Gasteiger charge is -2.34. The van der Waals surface area contributed by atoms with Gasteiger partial charge in [-0.15, -0.1) is 0 Å². The molecular formula is C26H33NO6. The summed E-state index contributed by atoms with van der Waals surface area (Å²) in [5.74, 6) is 2.76. The highest BCUT2D eigenvalue weighted by atomic mass is 16.5. The van der Waals surface area contributed by atoms with Gasteiger partial charge in [-0.05, 0) is 67.5 Å². The number of hydrogen-bond donors (Lipinski definition) is 0. The standard InChI is InChI=1S/C26H33NO6/c1-29-22-7-5-18(6-8-22)20-12-21-11-17(9-10-27(21)15-20)16-33-26(28)19-13-23(30-2)25(32-4)24(14-19)31-3/h5-8,13-14,17,20-21H,9-12,15-16H2,1-4H3/t17-,20+,21-/m0/s1. The number of esters is 1. The Morgan fingerprint density at radius 1 is 0.939 bits per heavy atom. The fraction of sp³-hybridized carbons (Fsp3) is 0.500. The van der Waals surface area contributed by atoms with E-state index in [0.29, 0.717) is 47.3 Å². The van der Waals surface area contributed by atoms with Crippen molar-refractivity contribution in [2.24, 2.45) is 5.92 Å². The number of carbonyl (C=O) groups excluding carboxylic acids is 1. The van der Waals surface area contributed by atoms with E-state index in [-0.39, 0.29) is 5.97 Å². The van der Waals surface area contributed by atoms with Crippen molar-refractivity contribution in [2.75, 3.05) is 48.1 Å². The van der Waals surface area contributed by atoms with Gasteiger partial charge in [-0.1, -0.05) is 12.1 Å². The number of benzene rings is 2. The highest BCUT2D eigenvalue weighted by Gasteiger charge is 2.37. The molecule has 0 radical (unpaired) electrons. The van der Waals surface area contributed by atoms with Gasteiger partial charge in [0.15, 0.2) is 11.5 Å². The molecular weight excluding hydrogens is 422 g/mol. The first-order valence-electron chi connectivity index (χ1n) is 11.4. The van der Waals surface area contributed by atoms with Crippen LogP contribution < -0.4 is 18.9 Å². The minimum absolute atomic E-state index is 0.367. The van der Waals surface area contributed by atoms with Crippen LogP contribution in [0.2, 0.25) is 0 Å². The van der Waals surface area contributed by atoms with Crippen LogP contribution in [0.5, 0.6) is 23.0 Å². The quantitative estimate of drug-likeness (QED) is 0.554. The molecule has 3 atom stereocenters. The molecule has 7 heteroatoms. The van der Waals surface area contributed by atoms with Crippen LogP contribution in [0.1, 0.15) is 41.1 Å². The molecule has 0 spiro atoms. The smallest absolute Gasteiger partial charge is 0.338 e. The third-order valence-corrected chi connectivity index (χ3v) is 6.90. The van der Waals surface area contributed by atoms with Gasteiger partial charge >= 0.3 is 5.97 Å². The highest BCUT2D eigenvalue weighted by molar-refractivity contribution is 5.91. The van der Waals surface area contributed by atoms with Crippen molar-refractivity contribution in [2.45, 2.75) is 31.2 Å². The summed E-state index contributed by atoms with van der Waals surface area (Å²) in [5, 5.41) is 0. The number of piperidine rings is 1. The van der Waals surface area contributed by atoms with Crippen molar-refractivity contribution >= 4 is 5.97 Å². The molecule has 2 saturated heterocycles. The van der Waals surface area contributed by atoms with E-state index in [9.17, 15) is 4.79 Å². The third-order valence-electron chi connectivity index (χ3n) is 6.90. The normalized spacial score (nSPS) is 22.4. The molecule has 2 aliphatic rings. The molecule has 0 aromatic heterocycles. The summed E-state index contributed by atoms with van der Waals surface area (Å²) in [6, 6.07) is 12.2. The second-order valence-electron chi connectivity index (χ2n) is 8.76. The number of ether oxygens (including phenoxy) is 5. The zero-order valence-corrected chi connectivity index (χ0v) is 19.8. The molecule has 0 saturated carbocycles. The zero-order chi connectivity index (χ0) is 23.4. The van der Waals surface area contributed by atoms with E-state index in [2.05, 4.69) is 17.0 Å². The van der Waals surface area contributed by atoms with E-state index in [4.69, 9.17) is 23.7 Å². The lowest BCUT2D eigenvalue weighted by molar-refractivity contribution is 0.0339. The van der Waals surface area contributed by atoms with Gasteiger partial charge in [0.1, 0.15) is 5.75 Å². The number of hydrogen-bond acceptors (Lipinski definition) is 7. The molecule has 33 heavy (non-hydrogen) atoms. The van der Waals surface area contributed by atoms with E-state index in [1.807, 2.05) is 12.1 Å². The first-order valence-corrected chi connectivity index (χ1v) is 11.4. The van der Waals surface area contributed by atoms with Crippen LogP contribution in [0.25, 0.3) is 0 Å². The minimum Gasteiger partial charge on any atom is -0.497 e. The molecule has 2 heterocycles. The van der Waals surface area contributed by atoms with E-state index in [1.165, 1.54) is 26.9 Å². The average Bonchev–Trinajstić information content (AvgIpc) is 3.29. The summed E-state index contributed by atoms with van der Waals surface area (Å²) >= 11 is 0. The topological polar surface area (TPSA) is 66.5 Å². The van der Waals surface area contributed by atoms with Crippen molar-refractivity contribution in [1.82, 2.24) is 4.90 Å². The van der Waals surface area contributed by atoms with Crippen LogP contribution >= 0.6 is 0 Å². The number of methoxy groups -OCH3 is 4. The Morgan fingerprint density at radius 2 is 1.64 bits per heavy atom.